The van der Waals surface area contributed by atoms with Crippen LogP contribution in [-0.2, 0) is 9.47 Å². The predicted molar refractivity (Wildman–Crippen MR) is 115 cm³/mol. The van der Waals surface area contributed by atoms with Gasteiger partial charge in [0, 0.05) is 63.2 Å². The number of hydrogen-bond acceptors (Lipinski definition) is 5. The zero-order chi connectivity index (χ0) is 20.1. The van der Waals surface area contributed by atoms with Crippen LogP contribution in [0.5, 0.6) is 0 Å². The molecule has 1 atom stereocenters. The summed E-state index contributed by atoms with van der Waals surface area (Å²) in [5.74, 6) is 0.118. The third-order valence-electron chi connectivity index (χ3n) is 6.49. The SMILES string of the molecule is CCCOC1CCN(C2CCN(c3ccc(C(=O)N4CCOCC4)cc3)CC2)C1. The summed E-state index contributed by atoms with van der Waals surface area (Å²) in [6.07, 6.45) is 5.12. The first-order chi connectivity index (χ1) is 14.2. The van der Waals surface area contributed by atoms with Crippen LogP contribution >= 0.6 is 0 Å². The molecule has 0 radical (unpaired) electrons. The molecule has 6 heteroatoms. The molecule has 1 aromatic carbocycles. The molecule has 0 bridgehead atoms. The van der Waals surface area contributed by atoms with E-state index in [9.17, 15) is 4.79 Å². The van der Waals surface area contributed by atoms with E-state index in [2.05, 4.69) is 28.9 Å². The van der Waals surface area contributed by atoms with Crippen molar-refractivity contribution in [2.24, 2.45) is 0 Å². The molecular formula is C23H35N3O3. The largest absolute Gasteiger partial charge is 0.378 e. The number of benzene rings is 1. The summed E-state index contributed by atoms with van der Waals surface area (Å²) in [6, 6.07) is 8.87. The Bertz CT molecular complexity index is 652. The topological polar surface area (TPSA) is 45.2 Å². The summed E-state index contributed by atoms with van der Waals surface area (Å²) in [7, 11) is 0. The van der Waals surface area contributed by atoms with Crippen molar-refractivity contribution in [2.45, 2.75) is 44.8 Å². The monoisotopic (exact) mass is 401 g/mol. The van der Waals surface area contributed by atoms with E-state index < -0.39 is 0 Å². The van der Waals surface area contributed by atoms with Gasteiger partial charge in [0.1, 0.15) is 0 Å². The molecule has 3 saturated heterocycles. The summed E-state index contributed by atoms with van der Waals surface area (Å²) in [5, 5.41) is 0. The molecule has 3 aliphatic heterocycles. The van der Waals surface area contributed by atoms with Crippen molar-refractivity contribution >= 4 is 11.6 Å². The zero-order valence-corrected chi connectivity index (χ0v) is 17.7. The molecule has 0 saturated carbocycles. The zero-order valence-electron chi connectivity index (χ0n) is 17.7. The van der Waals surface area contributed by atoms with Crippen LogP contribution in [0.4, 0.5) is 5.69 Å². The maximum absolute atomic E-state index is 12.6. The Morgan fingerprint density at radius 2 is 1.76 bits per heavy atom. The van der Waals surface area contributed by atoms with Crippen molar-refractivity contribution in [3.8, 4) is 0 Å². The standard InChI is InChI=1S/C23H35N3O3/c1-2-15-29-22-9-12-26(18-22)21-7-10-24(11-8-21)20-5-3-19(4-6-20)23(27)25-13-16-28-17-14-25/h3-6,21-22H,2,7-18H2,1H3. The van der Waals surface area contributed by atoms with Gasteiger partial charge in [0.2, 0.25) is 0 Å². The molecular weight excluding hydrogens is 366 g/mol. The lowest BCUT2D eigenvalue weighted by Crippen LogP contribution is -2.44. The second-order valence-electron chi connectivity index (χ2n) is 8.45. The minimum absolute atomic E-state index is 0.118. The minimum Gasteiger partial charge on any atom is -0.378 e. The first kappa shape index (κ1) is 20.6. The Kier molecular flexibility index (Phi) is 7.06. The Morgan fingerprint density at radius 3 is 2.45 bits per heavy atom. The lowest BCUT2D eigenvalue weighted by molar-refractivity contribution is 0.0303. The number of rotatable bonds is 6. The Labute approximate surface area is 174 Å². The summed E-state index contributed by atoms with van der Waals surface area (Å²) in [5.41, 5.74) is 2.01. The number of piperidine rings is 1. The minimum atomic E-state index is 0.118. The molecule has 0 aliphatic carbocycles. The fourth-order valence-electron chi connectivity index (χ4n) is 4.76. The van der Waals surface area contributed by atoms with Crippen molar-refractivity contribution in [2.75, 3.05) is 64.0 Å². The normalized spacial score (nSPS) is 24.2. The van der Waals surface area contributed by atoms with Crippen LogP contribution in [-0.4, -0.2) is 86.9 Å². The number of anilines is 1. The number of carbonyl (C=O) groups is 1. The number of nitrogens with zero attached hydrogens (tertiary/aromatic N) is 3. The summed E-state index contributed by atoms with van der Waals surface area (Å²) in [4.78, 5) is 19.6. The highest BCUT2D eigenvalue weighted by Gasteiger charge is 2.31. The van der Waals surface area contributed by atoms with Crippen LogP contribution in [0.1, 0.15) is 43.0 Å². The molecule has 1 amide bonds. The molecule has 0 aromatic heterocycles. The van der Waals surface area contributed by atoms with E-state index in [0.717, 1.165) is 38.2 Å². The van der Waals surface area contributed by atoms with E-state index in [1.54, 1.807) is 0 Å². The van der Waals surface area contributed by atoms with Crippen LogP contribution < -0.4 is 4.90 Å². The van der Waals surface area contributed by atoms with E-state index >= 15 is 0 Å². The van der Waals surface area contributed by atoms with E-state index in [4.69, 9.17) is 9.47 Å². The van der Waals surface area contributed by atoms with Crippen molar-refractivity contribution in [3.05, 3.63) is 29.8 Å². The van der Waals surface area contributed by atoms with Gasteiger partial charge in [0.15, 0.2) is 0 Å². The van der Waals surface area contributed by atoms with Crippen LogP contribution in [0.15, 0.2) is 24.3 Å². The van der Waals surface area contributed by atoms with Gasteiger partial charge >= 0.3 is 0 Å². The third kappa shape index (κ3) is 5.11. The van der Waals surface area contributed by atoms with E-state index in [0.29, 0.717) is 38.4 Å². The second-order valence-corrected chi connectivity index (χ2v) is 8.45. The molecule has 29 heavy (non-hydrogen) atoms. The fraction of sp³-hybridized carbons (Fsp3) is 0.696. The average Bonchev–Trinajstić information content (AvgIpc) is 3.27. The molecule has 3 heterocycles. The van der Waals surface area contributed by atoms with Crippen molar-refractivity contribution in [1.82, 2.24) is 9.80 Å². The van der Waals surface area contributed by atoms with Crippen molar-refractivity contribution in [3.63, 3.8) is 0 Å². The highest BCUT2D eigenvalue weighted by atomic mass is 16.5. The fourth-order valence-corrected chi connectivity index (χ4v) is 4.76. The van der Waals surface area contributed by atoms with Gasteiger partial charge in [-0.2, -0.15) is 0 Å². The van der Waals surface area contributed by atoms with E-state index in [-0.39, 0.29) is 5.91 Å². The number of hydrogen-bond donors (Lipinski definition) is 0. The number of ether oxygens (including phenoxy) is 2. The summed E-state index contributed by atoms with van der Waals surface area (Å²) >= 11 is 0. The average molecular weight is 402 g/mol. The molecule has 3 fully saturated rings. The summed E-state index contributed by atoms with van der Waals surface area (Å²) in [6.45, 7) is 10.2. The maximum atomic E-state index is 12.6. The molecule has 0 N–H and O–H groups in total. The molecule has 4 rings (SSSR count). The molecule has 1 aromatic rings. The van der Waals surface area contributed by atoms with Gasteiger partial charge in [0.05, 0.1) is 19.3 Å². The molecule has 3 aliphatic rings. The molecule has 160 valence electrons. The van der Waals surface area contributed by atoms with Crippen LogP contribution in [0.25, 0.3) is 0 Å². The van der Waals surface area contributed by atoms with E-state index in [1.807, 2.05) is 17.0 Å². The van der Waals surface area contributed by atoms with Gasteiger partial charge in [-0.3, -0.25) is 9.69 Å². The van der Waals surface area contributed by atoms with Gasteiger partial charge < -0.3 is 19.3 Å². The third-order valence-corrected chi connectivity index (χ3v) is 6.49. The van der Waals surface area contributed by atoms with Crippen molar-refractivity contribution in [1.29, 1.82) is 0 Å². The number of morpholine rings is 1. The Balaban J connectivity index is 1.26. The van der Waals surface area contributed by atoms with Crippen molar-refractivity contribution < 1.29 is 14.3 Å². The first-order valence-electron chi connectivity index (χ1n) is 11.3. The van der Waals surface area contributed by atoms with Gasteiger partial charge in [0.25, 0.3) is 5.91 Å². The molecule has 1 unspecified atom stereocenters. The highest BCUT2D eigenvalue weighted by Crippen LogP contribution is 2.26. The quantitative estimate of drug-likeness (QED) is 0.733. The van der Waals surface area contributed by atoms with Gasteiger partial charge in [-0.15, -0.1) is 0 Å². The lowest BCUT2D eigenvalue weighted by atomic mass is 10.0. The Morgan fingerprint density at radius 1 is 1.03 bits per heavy atom. The first-order valence-corrected chi connectivity index (χ1v) is 11.3. The predicted octanol–water partition coefficient (Wildman–Crippen LogP) is 2.63. The Hall–Kier alpha value is -1.63. The lowest BCUT2D eigenvalue weighted by Gasteiger charge is -2.38. The molecule has 6 nitrogen and oxygen atoms in total. The van der Waals surface area contributed by atoms with Gasteiger partial charge in [-0.1, -0.05) is 6.92 Å². The highest BCUT2D eigenvalue weighted by molar-refractivity contribution is 5.94. The van der Waals surface area contributed by atoms with Crippen LogP contribution in [0, 0.1) is 0 Å². The smallest absolute Gasteiger partial charge is 0.254 e. The van der Waals surface area contributed by atoms with Gasteiger partial charge in [-0.05, 0) is 49.9 Å². The maximum Gasteiger partial charge on any atom is 0.254 e. The summed E-state index contributed by atoms with van der Waals surface area (Å²) < 4.78 is 11.3. The number of amides is 1. The van der Waals surface area contributed by atoms with Crippen LogP contribution in [0.3, 0.4) is 0 Å². The number of likely N-dealkylation sites (tertiary alicyclic amines) is 1. The van der Waals surface area contributed by atoms with E-state index in [1.165, 1.54) is 31.5 Å². The van der Waals surface area contributed by atoms with Crippen LogP contribution in [0.2, 0.25) is 0 Å². The second kappa shape index (κ2) is 9.92. The van der Waals surface area contributed by atoms with Gasteiger partial charge in [-0.25, -0.2) is 0 Å². The number of carbonyl (C=O) groups excluding carboxylic acids is 1. The molecule has 0 spiro atoms.